The molecule has 0 saturated heterocycles. The van der Waals surface area contributed by atoms with Crippen LogP contribution in [0.15, 0.2) is 42.1 Å². The number of aromatic amines is 1. The van der Waals surface area contributed by atoms with Gasteiger partial charge < -0.3 is 4.98 Å². The number of carbonyl (C=O) groups is 2. The van der Waals surface area contributed by atoms with Gasteiger partial charge in [-0.1, -0.05) is 30.3 Å². The van der Waals surface area contributed by atoms with E-state index in [-0.39, 0.29) is 17.1 Å². The Labute approximate surface area is 111 Å². The quantitative estimate of drug-likeness (QED) is 0.518. The largest absolute Gasteiger partial charge is 0.338 e. The van der Waals surface area contributed by atoms with Gasteiger partial charge in [0.15, 0.2) is 11.6 Å². The lowest BCUT2D eigenvalue weighted by atomic mass is 10.1. The molecule has 4 nitrogen and oxygen atoms in total. The molecule has 0 atom stereocenters. The number of ketones is 2. The van der Waals surface area contributed by atoms with Crippen LogP contribution in [0.25, 0.3) is 17.5 Å². The van der Waals surface area contributed by atoms with E-state index >= 15 is 0 Å². The van der Waals surface area contributed by atoms with Gasteiger partial charge in [0, 0.05) is 5.56 Å². The molecule has 0 fully saturated rings. The summed E-state index contributed by atoms with van der Waals surface area (Å²) in [7, 11) is 0. The van der Waals surface area contributed by atoms with Crippen LogP contribution < -0.4 is 0 Å². The third-order valence-corrected chi connectivity index (χ3v) is 2.70. The van der Waals surface area contributed by atoms with Gasteiger partial charge >= 0.3 is 0 Å². The number of Topliss-reactive ketones (excluding diaryl/α,β-unsaturated/α-hetero) is 2. The number of hydrogen-bond donors (Lipinski definition) is 1. The number of allylic oxidation sites excluding steroid dienone is 1. The number of nitrogens with one attached hydrogen (secondary N) is 1. The molecular formula is C15H14N2O2. The van der Waals surface area contributed by atoms with Gasteiger partial charge in [-0.05, 0) is 19.9 Å². The molecule has 1 N–H and O–H groups in total. The summed E-state index contributed by atoms with van der Waals surface area (Å²) in [6.07, 6.45) is 3.14. The Morgan fingerprint density at radius 2 is 1.74 bits per heavy atom. The van der Waals surface area contributed by atoms with Crippen LogP contribution in [0.2, 0.25) is 0 Å². The van der Waals surface area contributed by atoms with Gasteiger partial charge in [-0.15, -0.1) is 0 Å². The topological polar surface area (TPSA) is 62.8 Å². The Kier molecular flexibility index (Phi) is 3.71. The van der Waals surface area contributed by atoms with E-state index < -0.39 is 0 Å². The highest BCUT2D eigenvalue weighted by Crippen LogP contribution is 2.16. The molecule has 0 unspecified atom stereocenters. The fraction of sp³-hybridized carbons (Fsp3) is 0.133. The molecule has 0 spiro atoms. The second kappa shape index (κ2) is 5.44. The molecule has 4 heteroatoms. The molecular weight excluding hydrogens is 240 g/mol. The van der Waals surface area contributed by atoms with Gasteiger partial charge in [0.05, 0.1) is 17.5 Å². The Bertz CT molecular complexity index is 623. The molecule has 0 saturated carbocycles. The smallest absolute Gasteiger partial charge is 0.163 e. The lowest BCUT2D eigenvalue weighted by molar-refractivity contribution is -0.119. The molecule has 0 aliphatic heterocycles. The van der Waals surface area contributed by atoms with E-state index in [0.29, 0.717) is 11.5 Å². The zero-order chi connectivity index (χ0) is 13.8. The Morgan fingerprint density at radius 1 is 1.11 bits per heavy atom. The monoisotopic (exact) mass is 254 g/mol. The molecule has 19 heavy (non-hydrogen) atoms. The van der Waals surface area contributed by atoms with E-state index in [1.54, 1.807) is 6.20 Å². The third-order valence-electron chi connectivity index (χ3n) is 2.70. The average molecular weight is 254 g/mol. The van der Waals surface area contributed by atoms with E-state index in [1.807, 2.05) is 30.3 Å². The summed E-state index contributed by atoms with van der Waals surface area (Å²) < 4.78 is 0. The Hall–Kier alpha value is -2.49. The van der Waals surface area contributed by atoms with Gasteiger partial charge in [-0.25, -0.2) is 4.98 Å². The number of H-pyrrole nitrogens is 1. The van der Waals surface area contributed by atoms with Crippen LogP contribution in [0.4, 0.5) is 0 Å². The summed E-state index contributed by atoms with van der Waals surface area (Å²) in [6.45, 7) is 2.75. The van der Waals surface area contributed by atoms with Crippen molar-refractivity contribution in [1.82, 2.24) is 9.97 Å². The standard InChI is InChI=1S/C15H14N2O2/c1-10(18)14(11(2)19)8-13-9-16-15(17-13)12-6-4-3-5-7-12/h3-9H,1-2H3,(H,16,17). The van der Waals surface area contributed by atoms with Crippen molar-refractivity contribution >= 4 is 17.6 Å². The molecule has 0 bridgehead atoms. The third kappa shape index (κ3) is 3.04. The van der Waals surface area contributed by atoms with Crippen molar-refractivity contribution in [2.24, 2.45) is 0 Å². The first kappa shape index (κ1) is 13.0. The zero-order valence-corrected chi connectivity index (χ0v) is 10.8. The SMILES string of the molecule is CC(=O)C(=Cc1cnc(-c2ccccc2)[nH]1)C(C)=O. The number of carbonyl (C=O) groups excluding carboxylic acids is 2. The van der Waals surface area contributed by atoms with Crippen LogP contribution in [-0.2, 0) is 9.59 Å². The lowest BCUT2D eigenvalue weighted by Gasteiger charge is -1.97. The molecule has 0 aliphatic rings. The summed E-state index contributed by atoms with van der Waals surface area (Å²) in [5.74, 6) is 0.213. The van der Waals surface area contributed by atoms with Gasteiger partial charge in [0.2, 0.25) is 0 Å². The van der Waals surface area contributed by atoms with Crippen LogP contribution in [0.1, 0.15) is 19.5 Å². The maximum atomic E-state index is 11.3. The van der Waals surface area contributed by atoms with E-state index in [4.69, 9.17) is 0 Å². The number of benzene rings is 1. The maximum absolute atomic E-state index is 11.3. The molecule has 2 aromatic rings. The summed E-state index contributed by atoms with van der Waals surface area (Å²) >= 11 is 0. The number of imidazole rings is 1. The predicted molar refractivity (Wildman–Crippen MR) is 73.4 cm³/mol. The van der Waals surface area contributed by atoms with Gasteiger partial charge in [0.25, 0.3) is 0 Å². The number of hydrogen-bond acceptors (Lipinski definition) is 3. The average Bonchev–Trinajstić information content (AvgIpc) is 2.85. The number of rotatable bonds is 4. The molecule has 1 heterocycles. The first-order valence-corrected chi connectivity index (χ1v) is 5.92. The fourth-order valence-corrected chi connectivity index (χ4v) is 1.76. The first-order chi connectivity index (χ1) is 9.08. The second-order valence-electron chi connectivity index (χ2n) is 4.22. The Balaban J connectivity index is 2.34. The highest BCUT2D eigenvalue weighted by molar-refractivity contribution is 6.21. The minimum absolute atomic E-state index is 0.170. The van der Waals surface area contributed by atoms with Crippen molar-refractivity contribution in [3.8, 4) is 11.4 Å². The van der Waals surface area contributed by atoms with E-state index in [9.17, 15) is 9.59 Å². The van der Waals surface area contributed by atoms with Crippen molar-refractivity contribution in [3.63, 3.8) is 0 Å². The van der Waals surface area contributed by atoms with Crippen molar-refractivity contribution in [2.75, 3.05) is 0 Å². The summed E-state index contributed by atoms with van der Waals surface area (Å²) in [5, 5.41) is 0. The van der Waals surface area contributed by atoms with Gasteiger partial charge in [-0.3, -0.25) is 9.59 Å². The van der Waals surface area contributed by atoms with Crippen molar-refractivity contribution in [1.29, 1.82) is 0 Å². The van der Waals surface area contributed by atoms with Crippen molar-refractivity contribution < 1.29 is 9.59 Å². The first-order valence-electron chi connectivity index (χ1n) is 5.92. The zero-order valence-electron chi connectivity index (χ0n) is 10.8. The molecule has 0 radical (unpaired) electrons. The van der Waals surface area contributed by atoms with Crippen molar-refractivity contribution in [2.45, 2.75) is 13.8 Å². The molecule has 2 rings (SSSR count). The number of aromatic nitrogens is 2. The van der Waals surface area contributed by atoms with Crippen LogP contribution >= 0.6 is 0 Å². The van der Waals surface area contributed by atoms with Gasteiger partial charge in [0.1, 0.15) is 5.82 Å². The molecule has 1 aromatic carbocycles. The lowest BCUT2D eigenvalue weighted by Crippen LogP contribution is -2.05. The molecule has 96 valence electrons. The minimum Gasteiger partial charge on any atom is -0.338 e. The molecule has 1 aromatic heterocycles. The van der Waals surface area contributed by atoms with E-state index in [2.05, 4.69) is 9.97 Å². The van der Waals surface area contributed by atoms with Crippen LogP contribution in [0, 0.1) is 0 Å². The minimum atomic E-state index is -0.247. The highest BCUT2D eigenvalue weighted by Gasteiger charge is 2.10. The normalized spacial score (nSPS) is 10.0. The molecule has 0 amide bonds. The summed E-state index contributed by atoms with van der Waals surface area (Å²) in [6, 6.07) is 9.64. The van der Waals surface area contributed by atoms with Gasteiger partial charge in [-0.2, -0.15) is 0 Å². The Morgan fingerprint density at radius 3 is 2.32 bits per heavy atom. The van der Waals surface area contributed by atoms with E-state index in [1.165, 1.54) is 19.9 Å². The van der Waals surface area contributed by atoms with Crippen molar-refractivity contribution in [3.05, 3.63) is 47.8 Å². The van der Waals surface area contributed by atoms with Crippen LogP contribution in [0.5, 0.6) is 0 Å². The summed E-state index contributed by atoms with van der Waals surface area (Å²) in [4.78, 5) is 30.0. The number of nitrogens with zero attached hydrogens (tertiary/aromatic N) is 1. The fourth-order valence-electron chi connectivity index (χ4n) is 1.76. The predicted octanol–water partition coefficient (Wildman–Crippen LogP) is 2.64. The second-order valence-corrected chi connectivity index (χ2v) is 4.22. The maximum Gasteiger partial charge on any atom is 0.163 e. The van der Waals surface area contributed by atoms with Crippen LogP contribution in [0.3, 0.4) is 0 Å². The van der Waals surface area contributed by atoms with Crippen LogP contribution in [-0.4, -0.2) is 21.5 Å². The molecule has 0 aliphatic carbocycles. The van der Waals surface area contributed by atoms with E-state index in [0.717, 1.165) is 5.56 Å². The summed E-state index contributed by atoms with van der Waals surface area (Å²) in [5.41, 5.74) is 1.76. The highest BCUT2D eigenvalue weighted by atomic mass is 16.1.